The average Bonchev–Trinajstić information content (AvgIpc) is 3.62. The highest BCUT2D eigenvalue weighted by atomic mass is 32.1. The second kappa shape index (κ2) is 18.2. The van der Waals surface area contributed by atoms with E-state index in [1.807, 2.05) is 67.5 Å². The van der Waals surface area contributed by atoms with Gasteiger partial charge in [-0.1, -0.05) is 12.2 Å². The van der Waals surface area contributed by atoms with Crippen molar-refractivity contribution < 1.29 is 38.1 Å². The summed E-state index contributed by atoms with van der Waals surface area (Å²) in [6.07, 6.45) is 9.35. The molecule has 2 aromatic rings. The monoisotopic (exact) mass is 732 g/mol. The highest BCUT2D eigenvalue weighted by Crippen LogP contribution is 2.29. The Morgan fingerprint density at radius 3 is 1.70 bits per heavy atom. The standard InChI is InChI=1S/C19H29NO4S.C19H27NO4S/c2*1-13-12-15(16(25-13)17(21)23-5)7-6-14-8-10-20(11-9-14)18(22)24-19(2,3)4/h12,14H,6-11H2,1-5H3;6-7,12,14H,8-11H2,1-5H3. The number of hydrogen-bond donors (Lipinski definition) is 0. The van der Waals surface area contributed by atoms with Crippen molar-refractivity contribution >= 4 is 52.9 Å². The maximum Gasteiger partial charge on any atom is 0.410 e. The lowest BCUT2D eigenvalue weighted by Crippen LogP contribution is -2.41. The normalized spacial score (nSPS) is 16.1. The molecule has 2 amide bonds. The van der Waals surface area contributed by atoms with Gasteiger partial charge in [0.05, 0.1) is 14.2 Å². The van der Waals surface area contributed by atoms with Gasteiger partial charge in [-0.25, -0.2) is 19.2 Å². The molecule has 2 fully saturated rings. The summed E-state index contributed by atoms with van der Waals surface area (Å²) in [7, 11) is 2.82. The van der Waals surface area contributed by atoms with Crippen LogP contribution in [-0.2, 0) is 25.4 Å². The van der Waals surface area contributed by atoms with Crippen LogP contribution in [0.1, 0.15) is 114 Å². The Morgan fingerprint density at radius 2 is 1.20 bits per heavy atom. The molecular weight excluding hydrogens is 677 g/mol. The molecule has 2 aliphatic rings. The maximum atomic E-state index is 12.1. The van der Waals surface area contributed by atoms with E-state index in [1.54, 1.807) is 9.80 Å². The van der Waals surface area contributed by atoms with E-state index in [2.05, 4.69) is 12.1 Å². The van der Waals surface area contributed by atoms with Gasteiger partial charge in [0.1, 0.15) is 21.0 Å². The lowest BCUT2D eigenvalue weighted by molar-refractivity contribution is 0.0176. The second-order valence-corrected chi connectivity index (χ2v) is 17.5. The predicted octanol–water partition coefficient (Wildman–Crippen LogP) is 8.93. The van der Waals surface area contributed by atoms with E-state index in [-0.39, 0.29) is 24.1 Å². The fraction of sp³-hybridized carbons (Fsp3) is 0.632. The van der Waals surface area contributed by atoms with Gasteiger partial charge in [-0.05, 0) is 129 Å². The zero-order chi connectivity index (χ0) is 37.2. The first-order chi connectivity index (χ1) is 23.4. The number of thiophene rings is 2. The Hall–Kier alpha value is -3.38. The minimum atomic E-state index is -0.463. The Labute approximate surface area is 306 Å². The maximum absolute atomic E-state index is 12.1. The first kappa shape index (κ1) is 41.0. The van der Waals surface area contributed by atoms with E-state index < -0.39 is 11.2 Å². The molecule has 50 heavy (non-hydrogen) atoms. The van der Waals surface area contributed by atoms with Crippen molar-refractivity contribution in [1.29, 1.82) is 0 Å². The van der Waals surface area contributed by atoms with Gasteiger partial charge in [-0.3, -0.25) is 0 Å². The van der Waals surface area contributed by atoms with Crippen LogP contribution in [0.3, 0.4) is 0 Å². The number of allylic oxidation sites excluding steroid dienone is 1. The van der Waals surface area contributed by atoms with Gasteiger partial charge in [0.2, 0.25) is 0 Å². The summed E-state index contributed by atoms with van der Waals surface area (Å²) >= 11 is 2.95. The summed E-state index contributed by atoms with van der Waals surface area (Å²) in [5.74, 6) is 0.430. The van der Waals surface area contributed by atoms with Crippen molar-refractivity contribution in [2.45, 2.75) is 105 Å². The summed E-state index contributed by atoms with van der Waals surface area (Å²) < 4.78 is 20.6. The van der Waals surface area contributed by atoms with Crippen LogP contribution < -0.4 is 0 Å². The molecule has 2 saturated heterocycles. The zero-order valence-electron chi connectivity index (χ0n) is 31.5. The predicted molar refractivity (Wildman–Crippen MR) is 199 cm³/mol. The highest BCUT2D eigenvalue weighted by Gasteiger charge is 2.28. The summed E-state index contributed by atoms with van der Waals surface area (Å²) in [4.78, 5) is 55.0. The first-order valence-electron chi connectivity index (χ1n) is 17.4. The molecule has 0 atom stereocenters. The highest BCUT2D eigenvalue weighted by molar-refractivity contribution is 7.14. The second-order valence-electron chi connectivity index (χ2n) is 14.9. The number of methoxy groups -OCH3 is 2. The molecule has 0 unspecified atom stereocenters. The number of piperidine rings is 2. The van der Waals surface area contributed by atoms with Crippen molar-refractivity contribution in [3.05, 3.63) is 48.8 Å². The van der Waals surface area contributed by atoms with E-state index in [1.165, 1.54) is 36.9 Å². The van der Waals surface area contributed by atoms with Gasteiger partial charge < -0.3 is 28.7 Å². The number of aryl methyl sites for hydroxylation is 3. The molecule has 4 heterocycles. The number of likely N-dealkylation sites (tertiary alicyclic amines) is 2. The van der Waals surface area contributed by atoms with E-state index in [4.69, 9.17) is 18.9 Å². The molecule has 0 radical (unpaired) electrons. The third-order valence-electron chi connectivity index (χ3n) is 8.39. The molecule has 0 aromatic carbocycles. The van der Waals surface area contributed by atoms with Crippen molar-refractivity contribution in [1.82, 2.24) is 9.80 Å². The van der Waals surface area contributed by atoms with Gasteiger partial charge >= 0.3 is 24.1 Å². The molecule has 2 aromatic heterocycles. The number of esters is 2. The summed E-state index contributed by atoms with van der Waals surface area (Å²) in [5.41, 5.74) is 1.08. The summed E-state index contributed by atoms with van der Waals surface area (Å²) in [6.45, 7) is 18.2. The topological polar surface area (TPSA) is 112 Å². The molecule has 0 N–H and O–H groups in total. The zero-order valence-corrected chi connectivity index (χ0v) is 33.1. The molecular formula is C38H56N2O8S2. The number of carbonyl (C=O) groups excluding carboxylic acids is 4. The van der Waals surface area contributed by atoms with Gasteiger partial charge in [0.15, 0.2) is 0 Å². The molecule has 12 heteroatoms. The van der Waals surface area contributed by atoms with Crippen LogP contribution in [0.2, 0.25) is 0 Å². The van der Waals surface area contributed by atoms with Crippen LogP contribution in [0, 0.1) is 25.7 Å². The minimum Gasteiger partial charge on any atom is -0.465 e. The number of hydrogen-bond acceptors (Lipinski definition) is 10. The molecule has 4 rings (SSSR count). The van der Waals surface area contributed by atoms with Gasteiger partial charge in [-0.2, -0.15) is 0 Å². The number of nitrogens with zero attached hydrogens (tertiary/aromatic N) is 2. The molecule has 2 aliphatic heterocycles. The molecule has 278 valence electrons. The summed E-state index contributed by atoms with van der Waals surface area (Å²) in [5, 5.41) is 0. The third kappa shape index (κ3) is 13.1. The SMILES string of the molecule is COC(=O)c1sc(C)cc1C=CC1CCN(C(=O)OC(C)(C)C)CC1.COC(=O)c1sc(C)cc1CCC1CCN(C(=O)OC(C)(C)C)CC1. The van der Waals surface area contributed by atoms with Crippen LogP contribution in [0.25, 0.3) is 6.08 Å². The number of rotatable bonds is 7. The number of carbonyl (C=O) groups is 4. The number of ether oxygens (including phenoxy) is 4. The van der Waals surface area contributed by atoms with Crippen LogP contribution in [0.5, 0.6) is 0 Å². The average molecular weight is 733 g/mol. The van der Waals surface area contributed by atoms with Crippen LogP contribution in [0.4, 0.5) is 9.59 Å². The van der Waals surface area contributed by atoms with E-state index >= 15 is 0 Å². The van der Waals surface area contributed by atoms with Crippen LogP contribution in [0.15, 0.2) is 18.2 Å². The quantitative estimate of drug-likeness (QED) is 0.205. The van der Waals surface area contributed by atoms with Crippen molar-refractivity contribution in [2.24, 2.45) is 11.8 Å². The smallest absolute Gasteiger partial charge is 0.410 e. The lowest BCUT2D eigenvalue weighted by atomic mass is 9.90. The molecule has 0 spiro atoms. The van der Waals surface area contributed by atoms with Crippen LogP contribution in [-0.4, -0.2) is 85.5 Å². The third-order valence-corrected chi connectivity index (χ3v) is 10.5. The largest absolute Gasteiger partial charge is 0.465 e. The lowest BCUT2D eigenvalue weighted by Gasteiger charge is -2.33. The molecule has 0 aliphatic carbocycles. The molecule has 0 bridgehead atoms. The fourth-order valence-corrected chi connectivity index (χ4v) is 7.76. The minimum absolute atomic E-state index is 0.215. The van der Waals surface area contributed by atoms with Crippen LogP contribution >= 0.6 is 22.7 Å². The van der Waals surface area contributed by atoms with E-state index in [0.717, 1.165) is 77.4 Å². The number of amides is 2. The Kier molecular flexibility index (Phi) is 15.0. The Morgan fingerprint density at radius 1 is 0.740 bits per heavy atom. The van der Waals surface area contributed by atoms with Gasteiger partial charge in [-0.15, -0.1) is 22.7 Å². The van der Waals surface area contributed by atoms with Crippen molar-refractivity contribution in [3.8, 4) is 0 Å². The Bertz CT molecular complexity index is 1480. The summed E-state index contributed by atoms with van der Waals surface area (Å²) in [6, 6.07) is 4.09. The van der Waals surface area contributed by atoms with Crippen molar-refractivity contribution in [3.63, 3.8) is 0 Å². The van der Waals surface area contributed by atoms with E-state index in [0.29, 0.717) is 29.8 Å². The molecule has 0 saturated carbocycles. The van der Waals surface area contributed by atoms with Gasteiger partial charge in [0, 0.05) is 35.9 Å². The van der Waals surface area contributed by atoms with Gasteiger partial charge in [0.25, 0.3) is 0 Å². The van der Waals surface area contributed by atoms with Crippen molar-refractivity contribution in [2.75, 3.05) is 40.4 Å². The first-order valence-corrected chi connectivity index (χ1v) is 19.0. The Balaban J connectivity index is 0.000000270. The molecule has 10 nitrogen and oxygen atoms in total. The van der Waals surface area contributed by atoms with E-state index in [9.17, 15) is 19.2 Å². The fourth-order valence-electron chi connectivity index (χ4n) is 5.86.